The zero-order valence-electron chi connectivity index (χ0n) is 11.6. The van der Waals surface area contributed by atoms with Crippen LogP contribution in [0, 0.1) is 6.92 Å². The molecule has 1 aromatic heterocycles. The van der Waals surface area contributed by atoms with Crippen molar-refractivity contribution in [3.05, 3.63) is 40.0 Å². The first-order valence-corrected chi connectivity index (χ1v) is 7.10. The molecule has 0 radical (unpaired) electrons. The Kier molecular flexibility index (Phi) is 4.74. The number of hydrogen-bond acceptors (Lipinski definition) is 4. The maximum Gasteiger partial charge on any atom is 0.426 e. The first-order chi connectivity index (χ1) is 10.0. The number of ether oxygens (including phenoxy) is 1. The second kappa shape index (κ2) is 6.53. The van der Waals surface area contributed by atoms with Crippen LogP contribution in [0.1, 0.15) is 23.0 Å². The summed E-state index contributed by atoms with van der Waals surface area (Å²) < 4.78 is 5.51. The lowest BCUT2D eigenvalue weighted by atomic mass is 10.1. The highest BCUT2D eigenvalue weighted by Crippen LogP contribution is 2.22. The number of amides is 2. The van der Waals surface area contributed by atoms with E-state index in [2.05, 4.69) is 36.5 Å². The first-order valence-electron chi connectivity index (χ1n) is 6.31. The third-order valence-electron chi connectivity index (χ3n) is 2.70. The van der Waals surface area contributed by atoms with Gasteiger partial charge in [-0.15, -0.1) is 0 Å². The number of halogens is 1. The van der Waals surface area contributed by atoms with Crippen LogP contribution in [0.2, 0.25) is 0 Å². The Morgan fingerprint density at radius 2 is 2.05 bits per heavy atom. The van der Waals surface area contributed by atoms with Crippen molar-refractivity contribution < 1.29 is 14.3 Å². The zero-order valence-corrected chi connectivity index (χ0v) is 13.2. The minimum absolute atomic E-state index is 0.228. The molecule has 1 heterocycles. The van der Waals surface area contributed by atoms with Gasteiger partial charge in [-0.25, -0.2) is 10.2 Å². The normalized spacial score (nSPS) is 10.2. The van der Waals surface area contributed by atoms with E-state index in [9.17, 15) is 9.59 Å². The highest BCUT2D eigenvalue weighted by Gasteiger charge is 2.13. The summed E-state index contributed by atoms with van der Waals surface area (Å²) in [5.41, 5.74) is 6.35. The lowest BCUT2D eigenvalue weighted by molar-refractivity contribution is 0.0914. The molecule has 6 nitrogen and oxygen atoms in total. The standard InChI is InChI=1S/C14H14BrN3O3/c1-3-21-14(20)18-17-13(19)11-6-8(2)16-12-5-4-9(15)7-10(11)12/h4-7H,3H2,1-2H3,(H,17,19)(H,18,20). The third-order valence-corrected chi connectivity index (χ3v) is 3.19. The lowest BCUT2D eigenvalue weighted by Gasteiger charge is -2.10. The van der Waals surface area contributed by atoms with Gasteiger partial charge in [0, 0.05) is 15.6 Å². The maximum atomic E-state index is 12.2. The van der Waals surface area contributed by atoms with Gasteiger partial charge in [-0.1, -0.05) is 15.9 Å². The number of carbonyl (C=O) groups is 2. The predicted molar refractivity (Wildman–Crippen MR) is 81.8 cm³/mol. The molecule has 0 atom stereocenters. The second-order valence-corrected chi connectivity index (χ2v) is 5.19. The molecule has 0 aliphatic carbocycles. The van der Waals surface area contributed by atoms with Gasteiger partial charge in [0.25, 0.3) is 5.91 Å². The molecule has 0 aliphatic heterocycles. The molecule has 0 saturated carbocycles. The smallest absolute Gasteiger partial charge is 0.426 e. The number of hydrazine groups is 1. The number of hydrogen-bond donors (Lipinski definition) is 2. The fourth-order valence-electron chi connectivity index (χ4n) is 1.86. The fraction of sp³-hybridized carbons (Fsp3) is 0.214. The number of carbonyl (C=O) groups excluding carboxylic acids is 2. The topological polar surface area (TPSA) is 80.3 Å². The maximum absolute atomic E-state index is 12.2. The van der Waals surface area contributed by atoms with E-state index < -0.39 is 12.0 Å². The van der Waals surface area contributed by atoms with Crippen LogP contribution < -0.4 is 10.9 Å². The van der Waals surface area contributed by atoms with Gasteiger partial charge in [0.05, 0.1) is 17.7 Å². The summed E-state index contributed by atoms with van der Waals surface area (Å²) in [7, 11) is 0. The Morgan fingerprint density at radius 3 is 2.76 bits per heavy atom. The van der Waals surface area contributed by atoms with Gasteiger partial charge in [0.15, 0.2) is 0 Å². The van der Waals surface area contributed by atoms with Crippen LogP contribution in [0.25, 0.3) is 10.9 Å². The minimum Gasteiger partial charge on any atom is -0.449 e. The third kappa shape index (κ3) is 3.69. The van der Waals surface area contributed by atoms with Crippen molar-refractivity contribution in [3.63, 3.8) is 0 Å². The van der Waals surface area contributed by atoms with Gasteiger partial charge in [-0.05, 0) is 38.1 Å². The quantitative estimate of drug-likeness (QED) is 0.815. The van der Waals surface area contributed by atoms with Crippen molar-refractivity contribution in [1.29, 1.82) is 0 Å². The van der Waals surface area contributed by atoms with Crippen molar-refractivity contribution in [1.82, 2.24) is 15.8 Å². The van der Waals surface area contributed by atoms with Crippen LogP contribution in [-0.4, -0.2) is 23.6 Å². The molecule has 2 aromatic rings. The number of aromatic nitrogens is 1. The summed E-state index contributed by atoms with van der Waals surface area (Å²) in [5.74, 6) is -0.434. The molecule has 110 valence electrons. The highest BCUT2D eigenvalue weighted by molar-refractivity contribution is 9.10. The number of aryl methyl sites for hydroxylation is 1. The highest BCUT2D eigenvalue weighted by atomic mass is 79.9. The van der Waals surface area contributed by atoms with E-state index >= 15 is 0 Å². The van der Waals surface area contributed by atoms with Crippen LogP contribution >= 0.6 is 15.9 Å². The van der Waals surface area contributed by atoms with E-state index in [4.69, 9.17) is 0 Å². The van der Waals surface area contributed by atoms with Gasteiger partial charge in [0.2, 0.25) is 0 Å². The Balaban J connectivity index is 2.30. The molecule has 1 aromatic carbocycles. The summed E-state index contributed by atoms with van der Waals surface area (Å²) in [5, 5.41) is 0.693. The summed E-state index contributed by atoms with van der Waals surface area (Å²) >= 11 is 3.37. The van der Waals surface area contributed by atoms with Gasteiger partial charge >= 0.3 is 6.09 Å². The summed E-state index contributed by atoms with van der Waals surface area (Å²) in [6, 6.07) is 7.15. The number of fused-ring (bicyclic) bond motifs is 1. The molecule has 0 unspecified atom stereocenters. The number of rotatable bonds is 2. The molecule has 2 amide bonds. The molecule has 0 spiro atoms. The van der Waals surface area contributed by atoms with E-state index in [0.29, 0.717) is 22.2 Å². The number of benzene rings is 1. The lowest BCUT2D eigenvalue weighted by Crippen LogP contribution is -2.42. The SMILES string of the molecule is CCOC(=O)NNC(=O)c1cc(C)nc2ccc(Br)cc12. The molecule has 0 fully saturated rings. The van der Waals surface area contributed by atoms with Gasteiger partial charge in [-0.2, -0.15) is 0 Å². The van der Waals surface area contributed by atoms with E-state index in [-0.39, 0.29) is 6.61 Å². The van der Waals surface area contributed by atoms with Crippen LogP contribution in [0.15, 0.2) is 28.7 Å². The minimum atomic E-state index is -0.706. The van der Waals surface area contributed by atoms with Crippen molar-refractivity contribution >= 4 is 38.8 Å². The van der Waals surface area contributed by atoms with Crippen LogP contribution in [0.5, 0.6) is 0 Å². The Hall–Kier alpha value is -2.15. The molecular weight excluding hydrogens is 338 g/mol. The van der Waals surface area contributed by atoms with E-state index in [1.54, 1.807) is 26.0 Å². The van der Waals surface area contributed by atoms with Gasteiger partial charge in [-0.3, -0.25) is 15.2 Å². The molecule has 21 heavy (non-hydrogen) atoms. The van der Waals surface area contributed by atoms with Crippen LogP contribution in [0.3, 0.4) is 0 Å². The van der Waals surface area contributed by atoms with Crippen molar-refractivity contribution in [2.75, 3.05) is 6.61 Å². The van der Waals surface area contributed by atoms with Gasteiger partial charge < -0.3 is 4.74 Å². The van der Waals surface area contributed by atoms with Crippen LogP contribution in [-0.2, 0) is 4.74 Å². The van der Waals surface area contributed by atoms with Crippen molar-refractivity contribution in [2.24, 2.45) is 0 Å². The van der Waals surface area contributed by atoms with E-state index in [0.717, 1.165) is 4.47 Å². The summed E-state index contributed by atoms with van der Waals surface area (Å²) in [4.78, 5) is 27.8. The first kappa shape index (κ1) is 15.2. The number of nitrogens with zero attached hydrogens (tertiary/aromatic N) is 1. The monoisotopic (exact) mass is 351 g/mol. The Labute approximate surface area is 130 Å². The molecule has 2 N–H and O–H groups in total. The molecule has 7 heteroatoms. The summed E-state index contributed by atoms with van der Waals surface area (Å²) in [6.07, 6.45) is -0.706. The molecule has 0 aliphatic rings. The molecule has 0 bridgehead atoms. The zero-order chi connectivity index (χ0) is 15.4. The Bertz CT molecular complexity index is 703. The van der Waals surface area contributed by atoms with Crippen molar-refractivity contribution in [3.8, 4) is 0 Å². The van der Waals surface area contributed by atoms with E-state index in [1.807, 2.05) is 12.1 Å². The number of nitrogens with one attached hydrogen (secondary N) is 2. The van der Waals surface area contributed by atoms with Gasteiger partial charge in [0.1, 0.15) is 0 Å². The average Bonchev–Trinajstić information content (AvgIpc) is 2.44. The molecule has 2 rings (SSSR count). The molecular formula is C14H14BrN3O3. The second-order valence-electron chi connectivity index (χ2n) is 4.27. The van der Waals surface area contributed by atoms with Crippen molar-refractivity contribution in [2.45, 2.75) is 13.8 Å². The molecule has 0 saturated heterocycles. The van der Waals surface area contributed by atoms with Crippen LogP contribution in [0.4, 0.5) is 4.79 Å². The predicted octanol–water partition coefficient (Wildman–Crippen LogP) is 2.70. The Morgan fingerprint density at radius 1 is 1.29 bits per heavy atom. The number of pyridine rings is 1. The van der Waals surface area contributed by atoms with E-state index in [1.165, 1.54) is 0 Å². The summed E-state index contributed by atoms with van der Waals surface area (Å²) in [6.45, 7) is 3.71. The fourth-order valence-corrected chi connectivity index (χ4v) is 2.22. The largest absolute Gasteiger partial charge is 0.449 e. The average molecular weight is 352 g/mol.